The third-order valence-electron chi connectivity index (χ3n) is 6.28. The zero-order chi connectivity index (χ0) is 24.9. The topological polar surface area (TPSA) is 139 Å². The van der Waals surface area contributed by atoms with Crippen LogP contribution in [0.5, 0.6) is 5.75 Å². The molecule has 2 aromatic rings. The van der Waals surface area contributed by atoms with Crippen molar-refractivity contribution in [2.75, 3.05) is 4.90 Å². The summed E-state index contributed by atoms with van der Waals surface area (Å²) in [5, 5.41) is 16.8. The Kier molecular flexibility index (Phi) is 5.24. The Morgan fingerprint density at radius 1 is 1.00 bits per heavy atom. The first-order valence-electron chi connectivity index (χ1n) is 10.7. The number of Topliss-reactive ketones (excluding diaryl/α,β-unsaturated/α-hetero) is 1. The fourth-order valence-corrected chi connectivity index (χ4v) is 4.84. The average Bonchev–Trinajstić information content (AvgIpc) is 3.31. The quantitative estimate of drug-likeness (QED) is 0.160. The number of non-ortho nitro benzene ring substituents is 1. The summed E-state index contributed by atoms with van der Waals surface area (Å²) in [6, 6.07) is 9.40. The van der Waals surface area contributed by atoms with Gasteiger partial charge in [0, 0.05) is 30.8 Å². The number of allylic oxidation sites excluding steroid dienone is 1. The first-order valence-corrected chi connectivity index (χ1v) is 10.7. The first-order chi connectivity index (χ1) is 16.8. The first kappa shape index (κ1) is 22.1. The molecule has 2 aromatic carbocycles. The number of amides is 2. The maximum Gasteiger partial charge on any atom is 0.308 e. The molecular formula is C24H18N4O7. The van der Waals surface area contributed by atoms with Crippen molar-refractivity contribution < 1.29 is 28.8 Å². The number of ketones is 1. The van der Waals surface area contributed by atoms with Gasteiger partial charge in [-0.3, -0.25) is 34.3 Å². The van der Waals surface area contributed by atoms with E-state index in [9.17, 15) is 29.3 Å². The molecular weight excluding hydrogens is 456 g/mol. The van der Waals surface area contributed by atoms with E-state index in [4.69, 9.17) is 4.74 Å². The van der Waals surface area contributed by atoms with Crippen molar-refractivity contribution in [1.82, 2.24) is 5.01 Å². The minimum atomic E-state index is -1.04. The lowest BCUT2D eigenvalue weighted by Crippen LogP contribution is -2.46. The van der Waals surface area contributed by atoms with Crippen LogP contribution in [0.1, 0.15) is 17.3 Å². The fraction of sp³-hybridized carbons (Fsp3) is 0.208. The van der Waals surface area contributed by atoms with Crippen LogP contribution in [-0.2, 0) is 14.4 Å². The molecule has 3 aliphatic rings. The van der Waals surface area contributed by atoms with E-state index in [1.54, 1.807) is 12.2 Å². The lowest BCUT2D eigenvalue weighted by atomic mass is 9.86. The molecule has 0 saturated carbocycles. The second kappa shape index (κ2) is 8.28. The predicted molar refractivity (Wildman–Crippen MR) is 122 cm³/mol. The SMILES string of the molecule is CC(=O)Oc1ccc(C(=O)[C@@H]2[C@@H]3C(=O)N(c4ccc([N+](=O)[O-])cc4)C(=O)[C@H]3[C@@H]3C=CC=NN23)cc1. The van der Waals surface area contributed by atoms with Crippen molar-refractivity contribution in [2.24, 2.45) is 16.9 Å². The Balaban J connectivity index is 1.50. The number of fused-ring (bicyclic) bond motifs is 3. The minimum absolute atomic E-state index is 0.172. The van der Waals surface area contributed by atoms with Gasteiger partial charge in [0.05, 0.1) is 28.5 Å². The van der Waals surface area contributed by atoms with E-state index >= 15 is 0 Å². The zero-order valence-corrected chi connectivity index (χ0v) is 18.3. The monoisotopic (exact) mass is 474 g/mol. The molecule has 35 heavy (non-hydrogen) atoms. The van der Waals surface area contributed by atoms with Crippen LogP contribution in [0.2, 0.25) is 0 Å². The molecule has 0 radical (unpaired) electrons. The Labute approximate surface area is 198 Å². The number of carbonyl (C=O) groups excluding carboxylic acids is 4. The summed E-state index contributed by atoms with van der Waals surface area (Å²) in [4.78, 5) is 63.1. The number of rotatable bonds is 5. The predicted octanol–water partition coefficient (Wildman–Crippen LogP) is 2.12. The Bertz CT molecular complexity index is 1320. The summed E-state index contributed by atoms with van der Waals surface area (Å²) in [6.07, 6.45) is 4.88. The molecule has 0 aromatic heterocycles. The van der Waals surface area contributed by atoms with E-state index in [1.165, 1.54) is 66.7 Å². The molecule has 0 spiro atoms. The van der Waals surface area contributed by atoms with Crippen molar-refractivity contribution in [3.63, 3.8) is 0 Å². The number of imide groups is 1. The zero-order valence-electron chi connectivity index (χ0n) is 18.3. The van der Waals surface area contributed by atoms with Gasteiger partial charge in [0.15, 0.2) is 5.78 Å². The number of hydrogen-bond acceptors (Lipinski definition) is 9. The summed E-state index contributed by atoms with van der Waals surface area (Å²) in [6.45, 7) is 1.26. The van der Waals surface area contributed by atoms with Gasteiger partial charge in [-0.2, -0.15) is 5.10 Å². The number of benzene rings is 2. The molecule has 2 fully saturated rings. The standard InChI is InChI=1S/C24H18N4O7/c1-13(29)35-17-10-4-14(5-11-17)22(30)21-20-19(18-3-2-12-25-27(18)21)23(31)26(24(20)32)15-6-8-16(9-7-15)28(33)34/h2-12,18-21H,1H3/t18-,19-,20+,21-/m0/s1. The highest BCUT2D eigenvalue weighted by atomic mass is 16.6. The number of hydrazone groups is 1. The molecule has 2 saturated heterocycles. The lowest BCUT2D eigenvalue weighted by molar-refractivity contribution is -0.384. The highest BCUT2D eigenvalue weighted by Gasteiger charge is 2.64. The van der Waals surface area contributed by atoms with Crippen LogP contribution in [0, 0.1) is 22.0 Å². The number of nitro groups is 1. The number of esters is 1. The smallest absolute Gasteiger partial charge is 0.308 e. The maximum atomic E-state index is 13.6. The summed E-state index contributed by atoms with van der Waals surface area (Å²) in [7, 11) is 0. The van der Waals surface area contributed by atoms with Gasteiger partial charge in [-0.25, -0.2) is 4.90 Å². The van der Waals surface area contributed by atoms with Crippen molar-refractivity contribution in [2.45, 2.75) is 19.0 Å². The summed E-state index contributed by atoms with van der Waals surface area (Å²) in [5.41, 5.74) is 0.296. The van der Waals surface area contributed by atoms with Crippen LogP contribution in [0.25, 0.3) is 0 Å². The molecule has 3 heterocycles. The van der Waals surface area contributed by atoms with Gasteiger partial charge in [0.2, 0.25) is 11.8 Å². The molecule has 3 aliphatic heterocycles. The van der Waals surface area contributed by atoms with Crippen LogP contribution in [-0.4, -0.2) is 51.8 Å². The number of nitro benzene ring substituents is 1. The second-order valence-corrected chi connectivity index (χ2v) is 8.28. The third kappa shape index (κ3) is 3.57. The van der Waals surface area contributed by atoms with E-state index < -0.39 is 52.4 Å². The van der Waals surface area contributed by atoms with Gasteiger partial charge < -0.3 is 4.74 Å². The molecule has 2 amide bonds. The van der Waals surface area contributed by atoms with Gasteiger partial charge in [-0.05, 0) is 42.5 Å². The molecule has 4 atom stereocenters. The summed E-state index contributed by atoms with van der Waals surface area (Å²) >= 11 is 0. The largest absolute Gasteiger partial charge is 0.427 e. The number of hydrogen-bond donors (Lipinski definition) is 0. The summed E-state index contributed by atoms with van der Waals surface area (Å²) in [5.74, 6) is -3.54. The highest BCUT2D eigenvalue weighted by molar-refractivity contribution is 6.24. The molecule has 0 unspecified atom stereocenters. The molecule has 176 valence electrons. The van der Waals surface area contributed by atoms with Crippen LogP contribution in [0.3, 0.4) is 0 Å². The third-order valence-corrected chi connectivity index (χ3v) is 6.28. The maximum absolute atomic E-state index is 13.6. The number of nitrogens with zero attached hydrogens (tertiary/aromatic N) is 4. The molecule has 0 N–H and O–H groups in total. The van der Waals surface area contributed by atoms with E-state index in [0.717, 1.165) is 4.90 Å². The van der Waals surface area contributed by atoms with Crippen LogP contribution in [0.4, 0.5) is 11.4 Å². The van der Waals surface area contributed by atoms with Gasteiger partial charge in [-0.1, -0.05) is 6.08 Å². The van der Waals surface area contributed by atoms with E-state index in [0.29, 0.717) is 0 Å². The molecule has 5 rings (SSSR count). The fourth-order valence-electron chi connectivity index (χ4n) is 4.84. The number of carbonyl (C=O) groups is 4. The average molecular weight is 474 g/mol. The van der Waals surface area contributed by atoms with E-state index in [-0.39, 0.29) is 22.7 Å². The van der Waals surface area contributed by atoms with Gasteiger partial charge >= 0.3 is 5.97 Å². The van der Waals surface area contributed by atoms with Crippen molar-refractivity contribution in [3.8, 4) is 5.75 Å². The number of anilines is 1. The Morgan fingerprint density at radius 3 is 2.29 bits per heavy atom. The lowest BCUT2D eigenvalue weighted by Gasteiger charge is -2.30. The molecule has 0 aliphatic carbocycles. The van der Waals surface area contributed by atoms with Crippen molar-refractivity contribution in [1.29, 1.82) is 0 Å². The van der Waals surface area contributed by atoms with E-state index in [2.05, 4.69) is 5.10 Å². The van der Waals surface area contributed by atoms with Crippen LogP contribution in [0.15, 0.2) is 65.8 Å². The number of ether oxygens (including phenoxy) is 1. The minimum Gasteiger partial charge on any atom is -0.427 e. The highest BCUT2D eigenvalue weighted by Crippen LogP contribution is 2.46. The molecule has 11 heteroatoms. The summed E-state index contributed by atoms with van der Waals surface area (Å²) < 4.78 is 5.01. The van der Waals surface area contributed by atoms with Crippen LogP contribution >= 0.6 is 0 Å². The van der Waals surface area contributed by atoms with Gasteiger partial charge in [0.1, 0.15) is 11.8 Å². The Hall–Kier alpha value is -4.67. The Morgan fingerprint density at radius 2 is 1.66 bits per heavy atom. The molecule has 0 bridgehead atoms. The van der Waals surface area contributed by atoms with Gasteiger partial charge in [0.25, 0.3) is 5.69 Å². The van der Waals surface area contributed by atoms with Crippen molar-refractivity contribution in [3.05, 3.63) is 76.4 Å². The van der Waals surface area contributed by atoms with Crippen LogP contribution < -0.4 is 9.64 Å². The second-order valence-electron chi connectivity index (χ2n) is 8.28. The molecule has 11 nitrogen and oxygen atoms in total. The van der Waals surface area contributed by atoms with E-state index in [1.807, 2.05) is 0 Å². The van der Waals surface area contributed by atoms with Gasteiger partial charge in [-0.15, -0.1) is 0 Å². The normalized spacial score (nSPS) is 24.4. The van der Waals surface area contributed by atoms with Crippen molar-refractivity contribution >= 4 is 41.2 Å².